The minimum absolute atomic E-state index is 0.539. The maximum absolute atomic E-state index is 7.76. The number of likely N-dealkylation sites (N-methyl/N-ethyl adjacent to an activating group) is 1. The smallest absolute Gasteiger partial charge is 0.162 e. The van der Waals surface area contributed by atoms with E-state index in [9.17, 15) is 0 Å². The van der Waals surface area contributed by atoms with Crippen molar-refractivity contribution in [3.8, 4) is 34.0 Å². The average molecular weight is 588 g/mol. The molecule has 6 rings (SSSR count). The molecule has 0 saturated carbocycles. The van der Waals surface area contributed by atoms with E-state index in [2.05, 4.69) is 46.4 Å². The van der Waals surface area contributed by atoms with Crippen molar-refractivity contribution >= 4 is 34.3 Å². The van der Waals surface area contributed by atoms with Gasteiger partial charge in [-0.1, -0.05) is 48.5 Å². The van der Waals surface area contributed by atoms with Gasteiger partial charge in [-0.05, 0) is 48.5 Å². The largest absolute Gasteiger partial charge is 0.493 e. The molecule has 1 aliphatic rings. The standard InChI is InChI=1S/C35H37N7O2/c1-41-13-15-42(16-14-41)17-18-44-33-21-29-31(22-32(33)43-2)39-34(26-10-6-9-25(19-26)24-7-4-3-5-8-24)40-35(29)38-28-11-12-30(37)27(20-28)23-36/h3-12,19-23,36H,13-18,37H2,1-2H3,(H,38,39,40). The second-order valence-corrected chi connectivity index (χ2v) is 11.0. The quantitative estimate of drug-likeness (QED) is 0.136. The Kier molecular flexibility index (Phi) is 8.67. The zero-order valence-electron chi connectivity index (χ0n) is 25.1. The molecule has 0 radical (unpaired) electrons. The lowest BCUT2D eigenvalue weighted by Crippen LogP contribution is -2.45. The molecule has 0 unspecified atom stereocenters. The van der Waals surface area contributed by atoms with Crippen LogP contribution in [0.25, 0.3) is 33.4 Å². The number of methoxy groups -OCH3 is 1. The summed E-state index contributed by atoms with van der Waals surface area (Å²) in [6.45, 7) is 5.57. The molecule has 9 nitrogen and oxygen atoms in total. The Labute approximate surface area is 257 Å². The van der Waals surface area contributed by atoms with Gasteiger partial charge in [0.05, 0.1) is 12.6 Å². The van der Waals surface area contributed by atoms with Gasteiger partial charge in [0.2, 0.25) is 0 Å². The number of piperazine rings is 1. The molecular formula is C35H37N7O2. The van der Waals surface area contributed by atoms with Gasteiger partial charge >= 0.3 is 0 Å². The third-order valence-electron chi connectivity index (χ3n) is 7.98. The van der Waals surface area contributed by atoms with E-state index in [0.717, 1.165) is 60.5 Å². The van der Waals surface area contributed by atoms with E-state index in [1.807, 2.05) is 54.6 Å². The first-order valence-corrected chi connectivity index (χ1v) is 14.8. The van der Waals surface area contributed by atoms with Crippen LogP contribution in [0.1, 0.15) is 5.56 Å². The van der Waals surface area contributed by atoms with Gasteiger partial charge in [-0.15, -0.1) is 0 Å². The van der Waals surface area contributed by atoms with Crippen molar-refractivity contribution < 1.29 is 9.47 Å². The van der Waals surface area contributed by atoms with Crippen molar-refractivity contribution in [3.05, 3.63) is 90.5 Å². The van der Waals surface area contributed by atoms with Crippen LogP contribution in [0, 0.1) is 5.41 Å². The molecule has 224 valence electrons. The summed E-state index contributed by atoms with van der Waals surface area (Å²) in [5.41, 5.74) is 11.8. The van der Waals surface area contributed by atoms with Crippen LogP contribution >= 0.6 is 0 Å². The third-order valence-corrected chi connectivity index (χ3v) is 7.98. The number of fused-ring (bicyclic) bond motifs is 1. The zero-order valence-corrected chi connectivity index (χ0v) is 25.1. The summed E-state index contributed by atoms with van der Waals surface area (Å²) >= 11 is 0. The number of anilines is 3. The predicted octanol–water partition coefficient (Wildman–Crippen LogP) is 5.92. The molecule has 0 amide bonds. The molecule has 4 aromatic carbocycles. The van der Waals surface area contributed by atoms with Crippen molar-refractivity contribution in [3.63, 3.8) is 0 Å². The van der Waals surface area contributed by atoms with Crippen LogP contribution in [0.15, 0.2) is 84.9 Å². The maximum atomic E-state index is 7.76. The Hall–Kier alpha value is -4.99. The summed E-state index contributed by atoms with van der Waals surface area (Å²) in [6, 6.07) is 27.8. The number of rotatable bonds is 10. The lowest BCUT2D eigenvalue weighted by Gasteiger charge is -2.32. The highest BCUT2D eigenvalue weighted by molar-refractivity contribution is 5.95. The number of nitrogens with zero attached hydrogens (tertiary/aromatic N) is 4. The topological polar surface area (TPSA) is 113 Å². The van der Waals surface area contributed by atoms with Crippen molar-refractivity contribution in [2.24, 2.45) is 0 Å². The molecule has 0 atom stereocenters. The monoisotopic (exact) mass is 587 g/mol. The number of nitrogen functional groups attached to an aromatic ring is 1. The second kappa shape index (κ2) is 13.1. The van der Waals surface area contributed by atoms with Crippen LogP contribution in [0.5, 0.6) is 11.5 Å². The van der Waals surface area contributed by atoms with Crippen LogP contribution < -0.4 is 20.5 Å². The van der Waals surface area contributed by atoms with E-state index in [4.69, 9.17) is 30.6 Å². The second-order valence-electron chi connectivity index (χ2n) is 11.0. The minimum Gasteiger partial charge on any atom is -0.493 e. The molecule has 1 aromatic heterocycles. The molecule has 1 fully saturated rings. The van der Waals surface area contributed by atoms with Gasteiger partial charge in [0.25, 0.3) is 0 Å². The molecule has 0 bridgehead atoms. The summed E-state index contributed by atoms with van der Waals surface area (Å²) < 4.78 is 12.1. The summed E-state index contributed by atoms with van der Waals surface area (Å²) in [6.07, 6.45) is 1.25. The number of nitrogens with one attached hydrogen (secondary N) is 2. The van der Waals surface area contributed by atoms with Crippen LogP contribution in [-0.2, 0) is 0 Å². The minimum atomic E-state index is 0.539. The summed E-state index contributed by atoms with van der Waals surface area (Å²) in [7, 11) is 3.80. The number of nitrogens with two attached hydrogens (primary N) is 1. The fourth-order valence-corrected chi connectivity index (χ4v) is 5.37. The zero-order chi connectivity index (χ0) is 30.5. The highest BCUT2D eigenvalue weighted by Gasteiger charge is 2.18. The van der Waals surface area contributed by atoms with Crippen molar-refractivity contribution in [1.29, 1.82) is 5.41 Å². The van der Waals surface area contributed by atoms with Crippen LogP contribution in [0.4, 0.5) is 17.2 Å². The van der Waals surface area contributed by atoms with Crippen LogP contribution in [0.2, 0.25) is 0 Å². The Morgan fingerprint density at radius 2 is 1.64 bits per heavy atom. The highest BCUT2D eigenvalue weighted by atomic mass is 16.5. The van der Waals surface area contributed by atoms with E-state index in [1.54, 1.807) is 13.2 Å². The highest BCUT2D eigenvalue weighted by Crippen LogP contribution is 2.37. The van der Waals surface area contributed by atoms with E-state index in [1.165, 1.54) is 6.21 Å². The van der Waals surface area contributed by atoms with Crippen LogP contribution in [-0.4, -0.2) is 79.5 Å². The summed E-state index contributed by atoms with van der Waals surface area (Å²) in [5.74, 6) is 2.44. The number of hydrogen-bond donors (Lipinski definition) is 3. The molecule has 1 aliphatic heterocycles. The molecule has 9 heteroatoms. The van der Waals surface area contributed by atoms with E-state index < -0.39 is 0 Å². The van der Waals surface area contributed by atoms with Gasteiger partial charge in [-0.25, -0.2) is 9.97 Å². The van der Waals surface area contributed by atoms with Crippen LogP contribution in [0.3, 0.4) is 0 Å². The first-order chi connectivity index (χ1) is 21.5. The number of aromatic nitrogens is 2. The van der Waals surface area contributed by atoms with E-state index >= 15 is 0 Å². The average Bonchev–Trinajstić information content (AvgIpc) is 3.06. The molecule has 0 spiro atoms. The Morgan fingerprint density at radius 3 is 2.41 bits per heavy atom. The fourth-order valence-electron chi connectivity index (χ4n) is 5.37. The van der Waals surface area contributed by atoms with Gasteiger partial charge in [-0.2, -0.15) is 0 Å². The molecule has 5 aromatic rings. The van der Waals surface area contributed by atoms with Gasteiger partial charge in [-0.3, -0.25) is 4.90 Å². The molecule has 0 aliphatic carbocycles. The Bertz CT molecular complexity index is 1770. The maximum Gasteiger partial charge on any atom is 0.162 e. The number of hydrogen-bond acceptors (Lipinski definition) is 9. The van der Waals surface area contributed by atoms with Gasteiger partial charge in [0, 0.05) is 72.9 Å². The first-order valence-electron chi connectivity index (χ1n) is 14.8. The molecule has 44 heavy (non-hydrogen) atoms. The summed E-state index contributed by atoms with van der Waals surface area (Å²) in [4.78, 5) is 14.8. The van der Waals surface area contributed by atoms with Crippen molar-refractivity contribution in [1.82, 2.24) is 19.8 Å². The van der Waals surface area contributed by atoms with Crippen molar-refractivity contribution in [2.75, 3.05) is 64.5 Å². The normalized spacial score (nSPS) is 14.0. The lowest BCUT2D eigenvalue weighted by atomic mass is 10.0. The predicted molar refractivity (Wildman–Crippen MR) is 178 cm³/mol. The van der Waals surface area contributed by atoms with Gasteiger partial charge < -0.3 is 30.8 Å². The SMILES string of the molecule is COc1cc2nc(-c3cccc(-c4ccccc4)c3)nc(Nc3ccc(N)c(C=N)c3)c2cc1OCCN1CCN(C)CC1. The third kappa shape index (κ3) is 6.49. The Morgan fingerprint density at radius 1 is 0.864 bits per heavy atom. The van der Waals surface area contributed by atoms with Gasteiger partial charge in [0.15, 0.2) is 17.3 Å². The first kappa shape index (κ1) is 29.1. The molecular weight excluding hydrogens is 550 g/mol. The Balaban J connectivity index is 1.39. The van der Waals surface area contributed by atoms with Crippen molar-refractivity contribution in [2.45, 2.75) is 0 Å². The van der Waals surface area contributed by atoms with E-state index in [-0.39, 0.29) is 0 Å². The van der Waals surface area contributed by atoms with E-state index in [0.29, 0.717) is 46.5 Å². The molecule has 1 saturated heterocycles. The number of benzene rings is 4. The molecule has 4 N–H and O–H groups in total. The summed E-state index contributed by atoms with van der Waals surface area (Å²) in [5, 5.41) is 12.0. The fraction of sp³-hybridized carbons (Fsp3) is 0.229. The molecule has 2 heterocycles. The number of ether oxygens (including phenoxy) is 2. The van der Waals surface area contributed by atoms with Gasteiger partial charge in [0.1, 0.15) is 12.4 Å². The lowest BCUT2D eigenvalue weighted by molar-refractivity contribution is 0.133.